The monoisotopic (exact) mass is 243 g/mol. The highest BCUT2D eigenvalue weighted by Gasteiger charge is 2.14. The van der Waals surface area contributed by atoms with Crippen molar-refractivity contribution in [3.63, 3.8) is 0 Å². The molecule has 0 saturated heterocycles. The Balaban J connectivity index is 2.20. The van der Waals surface area contributed by atoms with E-state index in [1.165, 1.54) is 0 Å². The highest BCUT2D eigenvalue weighted by Crippen LogP contribution is 2.20. The third kappa shape index (κ3) is 2.77. The molecule has 4 heteroatoms. The van der Waals surface area contributed by atoms with E-state index in [4.69, 9.17) is 0 Å². The van der Waals surface area contributed by atoms with Crippen LogP contribution in [0.2, 0.25) is 0 Å². The largest absolute Gasteiger partial charge is 0.352 e. The summed E-state index contributed by atoms with van der Waals surface area (Å²) in [6, 6.07) is 9.72. The van der Waals surface area contributed by atoms with Crippen LogP contribution in [0.5, 0.6) is 0 Å². The van der Waals surface area contributed by atoms with Crippen LogP contribution < -0.4 is 5.32 Å². The van der Waals surface area contributed by atoms with Gasteiger partial charge in [-0.15, -0.1) is 0 Å². The van der Waals surface area contributed by atoms with E-state index in [1.54, 1.807) is 6.20 Å². The Bertz CT molecular complexity index is 517. The van der Waals surface area contributed by atoms with Gasteiger partial charge in [-0.25, -0.2) is 0 Å². The number of hydrogen-bond donors (Lipinski definition) is 2. The molecule has 0 fully saturated rings. The molecule has 1 amide bonds. The first-order chi connectivity index (χ1) is 8.68. The van der Waals surface area contributed by atoms with Crippen LogP contribution in [0.25, 0.3) is 11.3 Å². The molecule has 94 valence electrons. The number of hydrogen-bond acceptors (Lipinski definition) is 2. The first-order valence-electron chi connectivity index (χ1n) is 6.05. The Morgan fingerprint density at radius 3 is 2.72 bits per heavy atom. The molecule has 2 rings (SSSR count). The van der Waals surface area contributed by atoms with Crippen molar-refractivity contribution in [3.05, 3.63) is 42.1 Å². The maximum Gasteiger partial charge on any atom is 0.255 e. The second-order valence-electron chi connectivity index (χ2n) is 4.63. The van der Waals surface area contributed by atoms with Crippen molar-refractivity contribution in [2.45, 2.75) is 13.8 Å². The molecule has 1 aromatic carbocycles. The van der Waals surface area contributed by atoms with Gasteiger partial charge in [0, 0.05) is 12.1 Å². The molecule has 0 atom stereocenters. The number of amides is 1. The van der Waals surface area contributed by atoms with E-state index in [2.05, 4.69) is 29.4 Å². The summed E-state index contributed by atoms with van der Waals surface area (Å²) < 4.78 is 0. The van der Waals surface area contributed by atoms with Gasteiger partial charge in [0.15, 0.2) is 0 Å². The molecule has 18 heavy (non-hydrogen) atoms. The summed E-state index contributed by atoms with van der Waals surface area (Å²) in [4.78, 5) is 12.0. The first kappa shape index (κ1) is 12.4. The topological polar surface area (TPSA) is 57.8 Å². The van der Waals surface area contributed by atoms with Crippen LogP contribution in [0.15, 0.2) is 36.5 Å². The van der Waals surface area contributed by atoms with Gasteiger partial charge >= 0.3 is 0 Å². The van der Waals surface area contributed by atoms with Crippen molar-refractivity contribution in [1.29, 1.82) is 0 Å². The molecule has 0 aliphatic heterocycles. The van der Waals surface area contributed by atoms with Crippen molar-refractivity contribution in [1.82, 2.24) is 15.5 Å². The van der Waals surface area contributed by atoms with Gasteiger partial charge < -0.3 is 5.32 Å². The Morgan fingerprint density at radius 1 is 1.33 bits per heavy atom. The van der Waals surface area contributed by atoms with Crippen molar-refractivity contribution in [2.75, 3.05) is 6.54 Å². The van der Waals surface area contributed by atoms with Crippen LogP contribution in [0.4, 0.5) is 0 Å². The fourth-order valence-electron chi connectivity index (χ4n) is 1.68. The summed E-state index contributed by atoms with van der Waals surface area (Å²) in [6.45, 7) is 4.79. The van der Waals surface area contributed by atoms with Crippen LogP contribution >= 0.6 is 0 Å². The SMILES string of the molecule is CC(C)CNC(=O)c1cn[nH]c1-c1ccccc1. The summed E-state index contributed by atoms with van der Waals surface area (Å²) in [6.07, 6.45) is 1.57. The maximum atomic E-state index is 12.0. The number of carbonyl (C=O) groups excluding carboxylic acids is 1. The van der Waals surface area contributed by atoms with E-state index in [0.717, 1.165) is 11.3 Å². The standard InChI is InChI=1S/C14H17N3O/c1-10(2)8-15-14(18)12-9-16-17-13(12)11-6-4-3-5-7-11/h3-7,9-10H,8H2,1-2H3,(H,15,18)(H,16,17). The third-order valence-corrected chi connectivity index (χ3v) is 2.62. The molecular formula is C14H17N3O. The molecular weight excluding hydrogens is 226 g/mol. The molecule has 0 aliphatic rings. The Hall–Kier alpha value is -2.10. The van der Waals surface area contributed by atoms with Crippen molar-refractivity contribution in [3.8, 4) is 11.3 Å². The number of rotatable bonds is 4. The molecule has 0 bridgehead atoms. The molecule has 0 unspecified atom stereocenters. The van der Waals surface area contributed by atoms with Gasteiger partial charge in [0.25, 0.3) is 5.91 Å². The van der Waals surface area contributed by atoms with Gasteiger partial charge in [-0.05, 0) is 5.92 Å². The molecule has 2 aromatic rings. The summed E-state index contributed by atoms with van der Waals surface area (Å²) >= 11 is 0. The first-order valence-corrected chi connectivity index (χ1v) is 6.05. The minimum atomic E-state index is -0.0868. The zero-order valence-electron chi connectivity index (χ0n) is 10.6. The normalized spacial score (nSPS) is 10.6. The van der Waals surface area contributed by atoms with Crippen LogP contribution in [-0.2, 0) is 0 Å². The van der Waals surface area contributed by atoms with Gasteiger partial charge in [-0.2, -0.15) is 5.10 Å². The zero-order chi connectivity index (χ0) is 13.0. The van der Waals surface area contributed by atoms with E-state index in [-0.39, 0.29) is 5.91 Å². The zero-order valence-corrected chi connectivity index (χ0v) is 10.6. The molecule has 0 saturated carbocycles. The second kappa shape index (κ2) is 5.49. The summed E-state index contributed by atoms with van der Waals surface area (Å²) in [5.41, 5.74) is 2.31. The van der Waals surface area contributed by atoms with Gasteiger partial charge in [0.2, 0.25) is 0 Å². The third-order valence-electron chi connectivity index (χ3n) is 2.62. The summed E-state index contributed by atoms with van der Waals surface area (Å²) in [5, 5.41) is 9.74. The second-order valence-corrected chi connectivity index (χ2v) is 4.63. The van der Waals surface area contributed by atoms with Crippen LogP contribution in [0.1, 0.15) is 24.2 Å². The summed E-state index contributed by atoms with van der Waals surface area (Å²) in [7, 11) is 0. The predicted octanol–water partition coefficient (Wildman–Crippen LogP) is 2.46. The number of benzene rings is 1. The lowest BCUT2D eigenvalue weighted by Gasteiger charge is -2.07. The predicted molar refractivity (Wildman–Crippen MR) is 71.2 cm³/mol. The van der Waals surface area contributed by atoms with Crippen molar-refractivity contribution in [2.24, 2.45) is 5.92 Å². The lowest BCUT2D eigenvalue weighted by atomic mass is 10.1. The van der Waals surface area contributed by atoms with E-state index in [0.29, 0.717) is 18.0 Å². The number of nitrogens with one attached hydrogen (secondary N) is 2. The Labute approximate surface area is 106 Å². The highest BCUT2D eigenvalue weighted by atomic mass is 16.1. The van der Waals surface area contributed by atoms with Gasteiger partial charge in [-0.1, -0.05) is 44.2 Å². The summed E-state index contributed by atoms with van der Waals surface area (Å²) in [5.74, 6) is 0.345. The number of aromatic amines is 1. The highest BCUT2D eigenvalue weighted by molar-refractivity contribution is 5.99. The van der Waals surface area contributed by atoms with Crippen LogP contribution in [-0.4, -0.2) is 22.6 Å². The fourth-order valence-corrected chi connectivity index (χ4v) is 1.68. The molecule has 4 nitrogen and oxygen atoms in total. The minimum absolute atomic E-state index is 0.0868. The van der Waals surface area contributed by atoms with Crippen LogP contribution in [0, 0.1) is 5.92 Å². The van der Waals surface area contributed by atoms with Gasteiger partial charge in [0.1, 0.15) is 0 Å². The molecule has 2 N–H and O–H groups in total. The van der Waals surface area contributed by atoms with Crippen molar-refractivity contribution >= 4 is 5.91 Å². The van der Waals surface area contributed by atoms with Gasteiger partial charge in [-0.3, -0.25) is 9.89 Å². The molecule has 0 radical (unpaired) electrons. The molecule has 0 aliphatic carbocycles. The number of carbonyl (C=O) groups is 1. The van der Waals surface area contributed by atoms with Crippen molar-refractivity contribution < 1.29 is 4.79 Å². The van der Waals surface area contributed by atoms with E-state index < -0.39 is 0 Å². The fraction of sp³-hybridized carbons (Fsp3) is 0.286. The molecule has 1 aromatic heterocycles. The smallest absolute Gasteiger partial charge is 0.255 e. The molecule has 0 spiro atoms. The maximum absolute atomic E-state index is 12.0. The number of aromatic nitrogens is 2. The molecule has 1 heterocycles. The van der Waals surface area contributed by atoms with Gasteiger partial charge in [0.05, 0.1) is 17.5 Å². The minimum Gasteiger partial charge on any atom is -0.352 e. The average molecular weight is 243 g/mol. The number of H-pyrrole nitrogens is 1. The van der Waals surface area contributed by atoms with E-state index >= 15 is 0 Å². The lowest BCUT2D eigenvalue weighted by Crippen LogP contribution is -2.27. The quantitative estimate of drug-likeness (QED) is 0.866. The van der Waals surface area contributed by atoms with E-state index in [1.807, 2.05) is 30.3 Å². The number of nitrogens with zero attached hydrogens (tertiary/aromatic N) is 1. The Morgan fingerprint density at radius 2 is 2.06 bits per heavy atom. The Kier molecular flexibility index (Phi) is 3.77. The average Bonchev–Trinajstić information content (AvgIpc) is 2.86. The van der Waals surface area contributed by atoms with Crippen LogP contribution in [0.3, 0.4) is 0 Å². The lowest BCUT2D eigenvalue weighted by molar-refractivity contribution is 0.0949. The van der Waals surface area contributed by atoms with E-state index in [9.17, 15) is 4.79 Å².